The molecule has 1 aromatic carbocycles. The molecule has 5 heterocycles. The van der Waals surface area contributed by atoms with Gasteiger partial charge in [0.15, 0.2) is 11.3 Å². The van der Waals surface area contributed by atoms with Crippen LogP contribution in [0.25, 0.3) is 22.6 Å². The van der Waals surface area contributed by atoms with Gasteiger partial charge < -0.3 is 70.3 Å². The molecule has 7 rings (SSSR count). The Morgan fingerprint density at radius 3 is 1.41 bits per heavy atom. The number of likely N-dealkylation sites (N-methyl/N-ethyl adjacent to an activating group) is 4. The van der Waals surface area contributed by atoms with E-state index in [-0.39, 0.29) is 65.8 Å². The lowest BCUT2D eigenvalue weighted by Gasteiger charge is -2.36. The highest BCUT2D eigenvalue weighted by atomic mass is 16.6. The molecule has 0 bridgehead atoms. The van der Waals surface area contributed by atoms with Crippen molar-refractivity contribution in [3.05, 3.63) is 44.6 Å². The zero-order valence-corrected chi connectivity index (χ0v) is 55.9. The lowest BCUT2D eigenvalue weighted by atomic mass is 9.98. The molecule has 28 nitrogen and oxygen atoms in total. The summed E-state index contributed by atoms with van der Waals surface area (Å²) in [7, 11) is 5.60. The van der Waals surface area contributed by atoms with Gasteiger partial charge >= 0.3 is 11.9 Å². The third-order valence-corrected chi connectivity index (χ3v) is 18.0. The first-order chi connectivity index (χ1) is 42.9. The van der Waals surface area contributed by atoms with E-state index in [9.17, 15) is 52.7 Å². The molecule has 0 saturated carbocycles. The van der Waals surface area contributed by atoms with Crippen LogP contribution in [0, 0.1) is 49.4 Å². The second-order valence-electron chi connectivity index (χ2n) is 26.9. The van der Waals surface area contributed by atoms with Crippen molar-refractivity contribution in [2.75, 3.05) is 60.1 Å². The van der Waals surface area contributed by atoms with Gasteiger partial charge in [0.2, 0.25) is 52.7 Å². The number of amides is 10. The van der Waals surface area contributed by atoms with Crippen molar-refractivity contribution < 1.29 is 71.4 Å². The maximum atomic E-state index is 15.2. The lowest BCUT2D eigenvalue weighted by Crippen LogP contribution is -2.61. The number of hydrogen-bond acceptors (Lipinski definition) is 18. The Bertz CT molecular complexity index is 3490. The summed E-state index contributed by atoms with van der Waals surface area (Å²) in [5.41, 5.74) is 3.57. The van der Waals surface area contributed by atoms with E-state index in [1.165, 1.54) is 80.7 Å². The van der Waals surface area contributed by atoms with Crippen LogP contribution in [0.15, 0.2) is 21.3 Å². The molecule has 4 saturated heterocycles. The van der Waals surface area contributed by atoms with Crippen LogP contribution in [-0.2, 0) is 57.4 Å². The van der Waals surface area contributed by atoms with Gasteiger partial charge in [0, 0.05) is 46.8 Å². The van der Waals surface area contributed by atoms with Crippen LogP contribution in [0.2, 0.25) is 0 Å². The summed E-state index contributed by atoms with van der Waals surface area (Å²) in [6, 6.07) is -8.00. The molecule has 1 aromatic rings. The number of nitrogens with one attached hydrogen (secondary N) is 4. The number of nitrogens with zero attached hydrogens (tertiary/aromatic N) is 7. The number of anilines is 1. The molecule has 2 unspecified atom stereocenters. The fourth-order valence-electron chi connectivity index (χ4n) is 12.8. The summed E-state index contributed by atoms with van der Waals surface area (Å²) in [5.74, 6) is -12.7. The molecule has 6 N–H and O–H groups in total. The number of nitrogen functional groups attached to an aromatic ring is 1. The molecule has 0 aromatic heterocycles. The van der Waals surface area contributed by atoms with Crippen molar-refractivity contribution in [1.82, 2.24) is 55.7 Å². The summed E-state index contributed by atoms with van der Waals surface area (Å²) >= 11 is 0. The fourth-order valence-corrected chi connectivity index (χ4v) is 12.8. The molecule has 502 valence electrons. The highest BCUT2D eigenvalue weighted by Gasteiger charge is 2.48. The van der Waals surface area contributed by atoms with Gasteiger partial charge in [-0.15, -0.1) is 0 Å². The number of benzene rings is 2. The molecule has 4 fully saturated rings. The average molecular weight is 1280 g/mol. The number of aryl methyl sites for hydroxylation is 1. The Morgan fingerprint density at radius 2 is 1.01 bits per heavy atom. The summed E-state index contributed by atoms with van der Waals surface area (Å²) in [5, 5.41) is 10.7. The number of hydrogen-bond donors (Lipinski definition) is 5. The standard InChI is InChI=1S/C64H90N12O16/c1-27(2)44-61(86)75-23-31(9)21-38(75)59(84)71(15)25-40(77)73(17)50(29(5)6)63(88)90-35(13)46(57(82)67-44)69-55(80)37-20-19-33(11)53-48(37)66-49-42(43(65)52(79)34(12)54(49)92-53)56(81)70-47-36(14)91-64(89)51(30(7)8)74(18)41(78)26-72(16)60(85)39-22-32(10)24-76(39)62(87)45(28(3)4)68-58(47)83/h19-20,27-32,35-36,38-39,44-47,50-51H,21-26,65H2,1-18H3,(H,67,82)(H,68,83)(H,69,80)(H,70,81)/t31-,32-,35?,36?,38+,39+,44-,45-,46+,47+,50+,51+/m1/s1. The zero-order chi connectivity index (χ0) is 68.7. The topological polar surface area (TPSA) is 360 Å². The van der Waals surface area contributed by atoms with Gasteiger partial charge in [0.1, 0.15) is 71.8 Å². The van der Waals surface area contributed by atoms with Crippen molar-refractivity contribution >= 4 is 87.8 Å². The van der Waals surface area contributed by atoms with Crippen LogP contribution in [0.1, 0.15) is 128 Å². The van der Waals surface area contributed by atoms with Crippen molar-refractivity contribution in [2.45, 2.75) is 170 Å². The summed E-state index contributed by atoms with van der Waals surface area (Å²) in [6.07, 6.45) is -2.58. The smallest absolute Gasteiger partial charge is 0.329 e. The average Bonchev–Trinajstić information content (AvgIpc) is 0.921. The van der Waals surface area contributed by atoms with E-state index in [1.807, 2.05) is 13.8 Å². The minimum Gasteiger partial charge on any atom is -0.458 e. The molecule has 6 aliphatic rings. The molecule has 0 spiro atoms. The molecular weight excluding hydrogens is 1190 g/mol. The van der Waals surface area contributed by atoms with Crippen LogP contribution in [0.3, 0.4) is 0 Å². The highest BCUT2D eigenvalue weighted by Crippen LogP contribution is 2.36. The Morgan fingerprint density at radius 1 is 0.598 bits per heavy atom. The maximum Gasteiger partial charge on any atom is 0.329 e. The number of nitrogens with two attached hydrogens (primary N) is 1. The normalized spacial score (nSPS) is 27.5. The van der Waals surface area contributed by atoms with Crippen molar-refractivity contribution in [3.8, 4) is 11.5 Å². The first-order valence-corrected chi connectivity index (χ1v) is 31.3. The molecular formula is C64H90N12O16. The van der Waals surface area contributed by atoms with E-state index >= 15 is 9.59 Å². The third-order valence-electron chi connectivity index (χ3n) is 18.0. The van der Waals surface area contributed by atoms with Crippen LogP contribution in [-0.4, -0.2) is 220 Å². The van der Waals surface area contributed by atoms with Crippen LogP contribution in [0.5, 0.6) is 0 Å². The van der Waals surface area contributed by atoms with Gasteiger partial charge in [-0.25, -0.2) is 14.6 Å². The van der Waals surface area contributed by atoms with Gasteiger partial charge in [-0.3, -0.25) is 52.7 Å². The van der Waals surface area contributed by atoms with Crippen LogP contribution >= 0.6 is 0 Å². The zero-order valence-electron chi connectivity index (χ0n) is 55.9. The third kappa shape index (κ3) is 14.2. The Hall–Kier alpha value is -8.72. The molecule has 92 heavy (non-hydrogen) atoms. The highest BCUT2D eigenvalue weighted by molar-refractivity contribution is 6.10. The van der Waals surface area contributed by atoms with E-state index in [2.05, 4.69) is 21.3 Å². The van der Waals surface area contributed by atoms with Crippen molar-refractivity contribution in [3.63, 3.8) is 0 Å². The predicted octanol–water partition coefficient (Wildman–Crippen LogP) is 1.22. The maximum absolute atomic E-state index is 15.2. The number of rotatable bonds is 8. The number of carbonyl (C=O) groups is 12. The second-order valence-corrected chi connectivity index (χ2v) is 26.9. The number of carbonyl (C=O) groups excluding carboxylic acids is 12. The van der Waals surface area contributed by atoms with Crippen molar-refractivity contribution in [1.29, 1.82) is 0 Å². The molecule has 12 atom stereocenters. The molecule has 28 heteroatoms. The van der Waals surface area contributed by atoms with Crippen LogP contribution in [0.4, 0.5) is 5.69 Å². The molecule has 1 aliphatic carbocycles. The largest absolute Gasteiger partial charge is 0.458 e. The van der Waals surface area contributed by atoms with E-state index < -0.39 is 191 Å². The first-order valence-electron chi connectivity index (χ1n) is 31.3. The Labute approximate surface area is 535 Å². The minimum atomic E-state index is -1.89. The van der Waals surface area contributed by atoms with Crippen LogP contribution < -0.4 is 32.4 Å². The molecule has 10 amide bonds. The fraction of sp³-hybridized carbons (Fsp3) is 0.625. The van der Waals surface area contributed by atoms with E-state index in [0.29, 0.717) is 5.56 Å². The number of aromatic nitrogens is 1. The molecule has 0 radical (unpaired) electrons. The van der Waals surface area contributed by atoms with Gasteiger partial charge in [0.25, 0.3) is 11.8 Å². The van der Waals surface area contributed by atoms with E-state index in [1.54, 1.807) is 62.3 Å². The number of esters is 2. The Kier molecular flexibility index (Phi) is 21.5. The second kappa shape index (κ2) is 28.0. The van der Waals surface area contributed by atoms with Gasteiger partial charge in [0.05, 0.1) is 29.9 Å². The van der Waals surface area contributed by atoms with Gasteiger partial charge in [-0.2, -0.15) is 0 Å². The number of ether oxygens (including phenoxy) is 2. The SMILES string of the molecule is Cc1c2oc3c(C)ccc(C(=O)N[C@@H]4C(=O)N[C@H](C(C)C)C(=O)N5C[C@H](C)C[C@H]5C(=O)N(C)CC(=O)N(C)[C@@H](C(C)C)C(=O)OC4C)c3nc-2c(C(=O)N[C@@H]2C(=O)N[C@H](C(C)C)C(=O)N3C[C@H](C)C[C@H]3C(=O)N(C)CC(=O)N(C)[C@@H](C(C)C)C(=O)OC2C)c(N)c1=O. The van der Waals surface area contributed by atoms with Gasteiger partial charge in [-0.05, 0) is 87.7 Å². The quantitative estimate of drug-likeness (QED) is 0.120. The summed E-state index contributed by atoms with van der Waals surface area (Å²) in [4.78, 5) is 200. The van der Waals surface area contributed by atoms with E-state index in [4.69, 9.17) is 24.6 Å². The minimum absolute atomic E-state index is 0.0776. The molecule has 5 aliphatic heterocycles. The predicted molar refractivity (Wildman–Crippen MR) is 335 cm³/mol. The van der Waals surface area contributed by atoms with Crippen molar-refractivity contribution in [2.24, 2.45) is 35.5 Å². The Balaban J connectivity index is 1.33. The van der Waals surface area contributed by atoms with Gasteiger partial charge in [-0.1, -0.05) is 75.3 Å². The lowest BCUT2D eigenvalue weighted by molar-refractivity contribution is -0.163. The number of fused-ring (bicyclic) bond motifs is 4. The number of cyclic esters (lactones) is 2. The summed E-state index contributed by atoms with van der Waals surface area (Å²) in [6.45, 7) is 22.1. The van der Waals surface area contributed by atoms with E-state index in [0.717, 1.165) is 9.80 Å². The summed E-state index contributed by atoms with van der Waals surface area (Å²) < 4.78 is 18.3. The first kappa shape index (κ1) is 70.7. The monoisotopic (exact) mass is 1280 g/mol.